The van der Waals surface area contributed by atoms with Crippen molar-refractivity contribution in [3.8, 4) is 0 Å². The normalized spacial score (nSPS) is 11.4. The van der Waals surface area contributed by atoms with Crippen LogP contribution in [-0.4, -0.2) is 44.6 Å². The molecule has 18 heavy (non-hydrogen) atoms. The van der Waals surface area contributed by atoms with E-state index in [-0.39, 0.29) is 24.0 Å². The Morgan fingerprint density at radius 2 is 1.72 bits per heavy atom. The minimum Gasteiger partial charge on any atom is -0.370 e. The summed E-state index contributed by atoms with van der Waals surface area (Å²) < 4.78 is 0. The van der Waals surface area contributed by atoms with E-state index < -0.39 is 0 Å². The van der Waals surface area contributed by atoms with E-state index in [2.05, 4.69) is 36.2 Å². The zero-order chi connectivity index (χ0) is 12.9. The molecule has 4 nitrogen and oxygen atoms in total. The van der Waals surface area contributed by atoms with Crippen LogP contribution in [0.5, 0.6) is 0 Å². The summed E-state index contributed by atoms with van der Waals surface area (Å²) in [5, 5.41) is 3.15. The van der Waals surface area contributed by atoms with Crippen LogP contribution >= 0.6 is 24.0 Å². The molecule has 0 saturated carbocycles. The number of nitrogens with two attached hydrogens (primary N) is 1. The Labute approximate surface area is 130 Å². The SMILES string of the molecule is CCCN=C(N)NCCCCCCCN(C)C.I. The van der Waals surface area contributed by atoms with Gasteiger partial charge in [0.25, 0.3) is 0 Å². The van der Waals surface area contributed by atoms with Gasteiger partial charge in [-0.25, -0.2) is 0 Å². The predicted molar refractivity (Wildman–Crippen MR) is 91.8 cm³/mol. The van der Waals surface area contributed by atoms with Crippen LogP contribution in [0.25, 0.3) is 0 Å². The van der Waals surface area contributed by atoms with Crippen molar-refractivity contribution in [2.45, 2.75) is 45.4 Å². The van der Waals surface area contributed by atoms with Crippen molar-refractivity contribution >= 4 is 29.9 Å². The summed E-state index contributed by atoms with van der Waals surface area (Å²) in [5.74, 6) is 0.597. The number of unbranched alkanes of at least 4 members (excludes halogenated alkanes) is 4. The summed E-state index contributed by atoms with van der Waals surface area (Å²) in [5.41, 5.74) is 5.69. The third kappa shape index (κ3) is 16.0. The summed E-state index contributed by atoms with van der Waals surface area (Å²) in [6.45, 7) is 5.08. The van der Waals surface area contributed by atoms with E-state index in [1.165, 1.54) is 38.6 Å². The fourth-order valence-electron chi connectivity index (χ4n) is 1.59. The number of nitrogens with zero attached hydrogens (tertiary/aromatic N) is 2. The van der Waals surface area contributed by atoms with Gasteiger partial charge in [0.15, 0.2) is 5.96 Å². The van der Waals surface area contributed by atoms with E-state index in [1.807, 2.05) is 0 Å². The van der Waals surface area contributed by atoms with Gasteiger partial charge in [-0.15, -0.1) is 24.0 Å². The third-order valence-corrected chi connectivity index (χ3v) is 2.59. The molecule has 3 N–H and O–H groups in total. The van der Waals surface area contributed by atoms with Crippen LogP contribution in [0.3, 0.4) is 0 Å². The molecule has 0 aliphatic carbocycles. The van der Waals surface area contributed by atoms with Crippen LogP contribution in [0.1, 0.15) is 45.4 Å². The standard InChI is InChI=1S/C13H30N4.HI/c1-4-10-15-13(14)16-11-8-6-5-7-9-12-17(2)3;/h4-12H2,1-3H3,(H3,14,15,16);1H. The predicted octanol–water partition coefficient (Wildman–Crippen LogP) is 2.43. The van der Waals surface area contributed by atoms with E-state index in [1.54, 1.807) is 0 Å². The number of hydrogen-bond acceptors (Lipinski definition) is 2. The summed E-state index contributed by atoms with van der Waals surface area (Å²) in [7, 11) is 4.25. The third-order valence-electron chi connectivity index (χ3n) is 2.59. The lowest BCUT2D eigenvalue weighted by Gasteiger charge is -2.08. The Morgan fingerprint density at radius 1 is 1.11 bits per heavy atom. The van der Waals surface area contributed by atoms with E-state index >= 15 is 0 Å². The number of nitrogens with one attached hydrogen (secondary N) is 1. The molecule has 0 atom stereocenters. The van der Waals surface area contributed by atoms with Crippen LogP contribution < -0.4 is 11.1 Å². The smallest absolute Gasteiger partial charge is 0.188 e. The van der Waals surface area contributed by atoms with Gasteiger partial charge in [-0.05, 0) is 39.9 Å². The Hall–Kier alpha value is -0.0400. The van der Waals surface area contributed by atoms with Gasteiger partial charge in [-0.2, -0.15) is 0 Å². The first-order valence-electron chi connectivity index (χ1n) is 6.85. The van der Waals surface area contributed by atoms with Gasteiger partial charge in [0.2, 0.25) is 0 Å². The quantitative estimate of drug-likeness (QED) is 0.269. The molecule has 110 valence electrons. The number of aliphatic imine (C=N–C) groups is 1. The molecular formula is C13H31IN4. The van der Waals surface area contributed by atoms with E-state index in [0.717, 1.165) is 19.5 Å². The second-order valence-corrected chi connectivity index (χ2v) is 4.76. The molecular weight excluding hydrogens is 339 g/mol. The van der Waals surface area contributed by atoms with Crippen molar-refractivity contribution in [3.05, 3.63) is 0 Å². The Kier molecular flexibility index (Phi) is 16.9. The zero-order valence-corrected chi connectivity index (χ0v) is 14.6. The van der Waals surface area contributed by atoms with Gasteiger partial charge in [-0.3, -0.25) is 4.99 Å². The molecule has 0 amide bonds. The van der Waals surface area contributed by atoms with Crippen molar-refractivity contribution in [3.63, 3.8) is 0 Å². The molecule has 0 spiro atoms. The zero-order valence-electron chi connectivity index (χ0n) is 12.2. The van der Waals surface area contributed by atoms with Crippen LogP contribution in [0, 0.1) is 0 Å². The largest absolute Gasteiger partial charge is 0.370 e. The first-order valence-corrected chi connectivity index (χ1v) is 6.85. The topological polar surface area (TPSA) is 53.6 Å². The molecule has 5 heteroatoms. The first-order chi connectivity index (χ1) is 8.16. The maximum Gasteiger partial charge on any atom is 0.188 e. The Balaban J connectivity index is 0. The average molecular weight is 370 g/mol. The highest BCUT2D eigenvalue weighted by molar-refractivity contribution is 14.0. The van der Waals surface area contributed by atoms with Crippen molar-refractivity contribution < 1.29 is 0 Å². The van der Waals surface area contributed by atoms with Crippen LogP contribution in [0.15, 0.2) is 4.99 Å². The highest BCUT2D eigenvalue weighted by Gasteiger charge is 1.93. The average Bonchev–Trinajstić information content (AvgIpc) is 2.29. The number of halogens is 1. The Bertz CT molecular complexity index is 195. The maximum absolute atomic E-state index is 5.69. The summed E-state index contributed by atoms with van der Waals surface area (Å²) in [6.07, 6.45) is 7.47. The van der Waals surface area contributed by atoms with Gasteiger partial charge in [0.05, 0.1) is 0 Å². The lowest BCUT2D eigenvalue weighted by molar-refractivity contribution is 0.389. The van der Waals surface area contributed by atoms with Crippen molar-refractivity contribution in [1.82, 2.24) is 10.2 Å². The first kappa shape index (κ1) is 20.3. The molecule has 0 aromatic carbocycles. The highest BCUT2D eigenvalue weighted by Crippen LogP contribution is 2.02. The fourth-order valence-corrected chi connectivity index (χ4v) is 1.59. The minimum atomic E-state index is 0. The van der Waals surface area contributed by atoms with Crippen LogP contribution in [0.2, 0.25) is 0 Å². The molecule has 0 aromatic rings. The molecule has 0 saturated heterocycles. The number of rotatable bonds is 10. The molecule has 0 fully saturated rings. The monoisotopic (exact) mass is 370 g/mol. The minimum absolute atomic E-state index is 0. The second kappa shape index (κ2) is 15.0. The van der Waals surface area contributed by atoms with Crippen molar-refractivity contribution in [1.29, 1.82) is 0 Å². The van der Waals surface area contributed by atoms with Crippen LogP contribution in [-0.2, 0) is 0 Å². The molecule has 0 aliphatic heterocycles. The van der Waals surface area contributed by atoms with Gasteiger partial charge in [-0.1, -0.05) is 26.2 Å². The summed E-state index contributed by atoms with van der Waals surface area (Å²) in [4.78, 5) is 6.43. The maximum atomic E-state index is 5.69. The fraction of sp³-hybridized carbons (Fsp3) is 0.923. The van der Waals surface area contributed by atoms with Crippen LogP contribution in [0.4, 0.5) is 0 Å². The van der Waals surface area contributed by atoms with E-state index in [9.17, 15) is 0 Å². The second-order valence-electron chi connectivity index (χ2n) is 4.76. The lowest BCUT2D eigenvalue weighted by atomic mass is 10.1. The molecule has 0 aliphatic rings. The molecule has 0 unspecified atom stereocenters. The molecule has 0 bridgehead atoms. The van der Waals surface area contributed by atoms with E-state index in [4.69, 9.17) is 5.73 Å². The summed E-state index contributed by atoms with van der Waals surface area (Å²) in [6, 6.07) is 0. The highest BCUT2D eigenvalue weighted by atomic mass is 127. The molecule has 0 rings (SSSR count). The lowest BCUT2D eigenvalue weighted by Crippen LogP contribution is -2.32. The molecule has 0 radical (unpaired) electrons. The van der Waals surface area contributed by atoms with Gasteiger partial charge in [0.1, 0.15) is 0 Å². The van der Waals surface area contributed by atoms with E-state index in [0.29, 0.717) is 5.96 Å². The molecule has 0 heterocycles. The summed E-state index contributed by atoms with van der Waals surface area (Å²) >= 11 is 0. The molecule has 0 aromatic heterocycles. The van der Waals surface area contributed by atoms with Gasteiger partial charge < -0.3 is 16.0 Å². The Morgan fingerprint density at radius 3 is 2.33 bits per heavy atom. The van der Waals surface area contributed by atoms with Gasteiger partial charge in [0, 0.05) is 13.1 Å². The van der Waals surface area contributed by atoms with Crippen molar-refractivity contribution in [2.24, 2.45) is 10.7 Å². The van der Waals surface area contributed by atoms with Gasteiger partial charge >= 0.3 is 0 Å². The number of guanidine groups is 1. The number of hydrogen-bond donors (Lipinski definition) is 2. The van der Waals surface area contributed by atoms with Crippen molar-refractivity contribution in [2.75, 3.05) is 33.7 Å².